The number of benzene rings is 2. The second-order valence-electron chi connectivity index (χ2n) is 6.98. The first-order chi connectivity index (χ1) is 14.3. The van der Waals surface area contributed by atoms with E-state index in [9.17, 15) is 0 Å². The van der Waals surface area contributed by atoms with Crippen molar-refractivity contribution in [1.29, 1.82) is 0 Å². The number of rotatable bonds is 5. The molecule has 0 radical (unpaired) electrons. The van der Waals surface area contributed by atoms with E-state index in [0.29, 0.717) is 0 Å². The maximum Gasteiger partial charge on any atom is 0.176 e. The fourth-order valence-corrected chi connectivity index (χ4v) is 3.72. The van der Waals surface area contributed by atoms with Crippen molar-refractivity contribution in [3.8, 4) is 28.2 Å². The molecule has 3 aromatic rings. The summed E-state index contributed by atoms with van der Waals surface area (Å²) in [5, 5.41) is 6.59. The molecule has 0 bridgehead atoms. The van der Waals surface area contributed by atoms with Crippen LogP contribution in [0.4, 0.5) is 0 Å². The first-order valence-electron chi connectivity index (χ1n) is 9.77. The largest absolute Gasteiger partial charge is 0.492 e. The Labute approximate surface area is 169 Å². The van der Waals surface area contributed by atoms with Gasteiger partial charge in [0.15, 0.2) is 11.5 Å². The summed E-state index contributed by atoms with van der Waals surface area (Å²) < 4.78 is 11.6. The van der Waals surface area contributed by atoms with Crippen LogP contribution in [0.15, 0.2) is 69.2 Å². The van der Waals surface area contributed by atoms with Gasteiger partial charge in [0.1, 0.15) is 17.9 Å². The fourth-order valence-electron chi connectivity index (χ4n) is 3.72. The summed E-state index contributed by atoms with van der Waals surface area (Å²) >= 11 is 0. The minimum Gasteiger partial charge on any atom is -0.492 e. The second kappa shape index (κ2) is 7.47. The Balaban J connectivity index is 1.44. The van der Waals surface area contributed by atoms with Crippen molar-refractivity contribution in [3.63, 3.8) is 0 Å². The van der Waals surface area contributed by atoms with E-state index >= 15 is 0 Å². The molecule has 2 aliphatic heterocycles. The van der Waals surface area contributed by atoms with Gasteiger partial charge >= 0.3 is 0 Å². The van der Waals surface area contributed by atoms with Gasteiger partial charge in [-0.15, -0.1) is 0 Å². The van der Waals surface area contributed by atoms with Gasteiger partial charge in [-0.2, -0.15) is 0 Å². The molecule has 2 aromatic carbocycles. The SMILES string of the molecule is COc1c(-c2ccc(C3=NCCN3)cc2)coc1-c1ccc(C2=NCCN2)cc1. The minimum atomic E-state index is 0.723. The van der Waals surface area contributed by atoms with Crippen LogP contribution >= 0.6 is 0 Å². The van der Waals surface area contributed by atoms with Gasteiger partial charge in [0.25, 0.3) is 0 Å². The average Bonchev–Trinajstić information content (AvgIpc) is 3.55. The molecule has 0 spiro atoms. The third-order valence-corrected chi connectivity index (χ3v) is 5.19. The molecule has 6 heteroatoms. The van der Waals surface area contributed by atoms with E-state index in [1.807, 2.05) is 12.1 Å². The molecule has 1 aromatic heterocycles. The Bertz CT molecular complexity index is 994. The van der Waals surface area contributed by atoms with Crippen molar-refractivity contribution >= 4 is 11.7 Å². The summed E-state index contributed by atoms with van der Waals surface area (Å²) in [4.78, 5) is 8.94. The highest BCUT2D eigenvalue weighted by atomic mass is 16.5. The highest BCUT2D eigenvalue weighted by molar-refractivity contribution is 6.01. The Kier molecular flexibility index (Phi) is 4.52. The van der Waals surface area contributed by atoms with Gasteiger partial charge in [0.2, 0.25) is 0 Å². The predicted octanol–water partition coefficient (Wildman–Crippen LogP) is 3.32. The van der Waals surface area contributed by atoms with Gasteiger partial charge in [-0.3, -0.25) is 9.98 Å². The minimum absolute atomic E-state index is 0.723. The molecule has 2 aliphatic rings. The summed E-state index contributed by atoms with van der Waals surface area (Å²) in [5.41, 5.74) is 5.11. The van der Waals surface area contributed by atoms with E-state index in [-0.39, 0.29) is 0 Å². The molecule has 0 aliphatic carbocycles. The smallest absolute Gasteiger partial charge is 0.176 e. The number of nitrogens with one attached hydrogen (secondary N) is 2. The van der Waals surface area contributed by atoms with E-state index in [4.69, 9.17) is 9.15 Å². The molecule has 6 nitrogen and oxygen atoms in total. The molecule has 2 N–H and O–H groups in total. The maximum absolute atomic E-state index is 5.92. The van der Waals surface area contributed by atoms with Gasteiger partial charge in [-0.05, 0) is 5.56 Å². The van der Waals surface area contributed by atoms with Gasteiger partial charge in [0, 0.05) is 29.8 Å². The van der Waals surface area contributed by atoms with Crippen molar-refractivity contribution in [3.05, 3.63) is 65.9 Å². The third kappa shape index (κ3) is 3.27. The normalized spacial score (nSPS) is 15.5. The number of hydrogen-bond acceptors (Lipinski definition) is 6. The van der Waals surface area contributed by atoms with E-state index < -0.39 is 0 Å². The highest BCUT2D eigenvalue weighted by Gasteiger charge is 2.19. The van der Waals surface area contributed by atoms with Crippen LogP contribution in [-0.2, 0) is 0 Å². The topological polar surface area (TPSA) is 71.1 Å². The molecule has 3 heterocycles. The van der Waals surface area contributed by atoms with Crippen molar-refractivity contribution in [2.24, 2.45) is 9.98 Å². The first kappa shape index (κ1) is 17.6. The summed E-state index contributed by atoms with van der Waals surface area (Å²) in [6.07, 6.45) is 1.75. The number of amidine groups is 2. The third-order valence-electron chi connectivity index (χ3n) is 5.19. The van der Waals surface area contributed by atoms with E-state index in [0.717, 1.165) is 77.2 Å². The summed E-state index contributed by atoms with van der Waals surface area (Å²) in [6, 6.07) is 16.5. The molecule has 0 atom stereocenters. The summed E-state index contributed by atoms with van der Waals surface area (Å²) in [5.74, 6) is 3.36. The molecule has 29 heavy (non-hydrogen) atoms. The summed E-state index contributed by atoms with van der Waals surface area (Å²) in [6.45, 7) is 3.46. The van der Waals surface area contributed by atoms with Crippen molar-refractivity contribution in [1.82, 2.24) is 10.6 Å². The maximum atomic E-state index is 5.92. The highest BCUT2D eigenvalue weighted by Crippen LogP contribution is 2.41. The van der Waals surface area contributed by atoms with Crippen LogP contribution in [0.2, 0.25) is 0 Å². The van der Waals surface area contributed by atoms with Crippen LogP contribution in [0.25, 0.3) is 22.5 Å². The zero-order chi connectivity index (χ0) is 19.6. The van der Waals surface area contributed by atoms with Crippen LogP contribution in [-0.4, -0.2) is 45.0 Å². The Morgan fingerprint density at radius 3 is 1.76 bits per heavy atom. The van der Waals surface area contributed by atoms with Crippen LogP contribution in [0.3, 0.4) is 0 Å². The van der Waals surface area contributed by atoms with Gasteiger partial charge in [-0.25, -0.2) is 0 Å². The monoisotopic (exact) mass is 386 g/mol. The zero-order valence-corrected chi connectivity index (χ0v) is 16.2. The lowest BCUT2D eigenvalue weighted by molar-refractivity contribution is 0.411. The average molecular weight is 386 g/mol. The van der Waals surface area contributed by atoms with Crippen molar-refractivity contribution < 1.29 is 9.15 Å². The fraction of sp³-hybridized carbons (Fsp3) is 0.217. The molecule has 0 saturated heterocycles. The Hall–Kier alpha value is -3.54. The Morgan fingerprint density at radius 1 is 0.759 bits per heavy atom. The van der Waals surface area contributed by atoms with Crippen LogP contribution < -0.4 is 15.4 Å². The Morgan fingerprint density at radius 2 is 1.28 bits per heavy atom. The van der Waals surface area contributed by atoms with Gasteiger partial charge in [-0.1, -0.05) is 48.5 Å². The molecule has 0 fully saturated rings. The number of furan rings is 1. The number of hydrogen-bond donors (Lipinski definition) is 2. The van der Waals surface area contributed by atoms with E-state index in [1.54, 1.807) is 13.4 Å². The van der Waals surface area contributed by atoms with Crippen LogP contribution in [0.1, 0.15) is 11.1 Å². The van der Waals surface area contributed by atoms with E-state index in [2.05, 4.69) is 57.0 Å². The molecular formula is C23H22N4O2. The second-order valence-corrected chi connectivity index (χ2v) is 6.98. The molecule has 0 unspecified atom stereocenters. The molecule has 0 amide bonds. The number of ether oxygens (including phenoxy) is 1. The quantitative estimate of drug-likeness (QED) is 0.706. The molecule has 0 saturated carbocycles. The molecule has 146 valence electrons. The van der Waals surface area contributed by atoms with Gasteiger partial charge in [0.05, 0.1) is 25.8 Å². The number of methoxy groups -OCH3 is 1. The lowest BCUT2D eigenvalue weighted by Crippen LogP contribution is -2.19. The number of aliphatic imine (C=N–C) groups is 2. The van der Waals surface area contributed by atoms with Crippen LogP contribution in [0.5, 0.6) is 5.75 Å². The first-order valence-corrected chi connectivity index (χ1v) is 9.77. The van der Waals surface area contributed by atoms with E-state index in [1.165, 1.54) is 0 Å². The summed E-state index contributed by atoms with van der Waals surface area (Å²) in [7, 11) is 1.68. The standard InChI is InChI=1S/C23H22N4O2/c1-28-21-19(15-2-6-17(7-3-15)22-24-10-11-25-22)14-29-20(21)16-4-8-18(9-5-16)23-26-12-13-27-23/h2-9,14H,10-13H2,1H3,(H,24,25)(H,26,27). The molecule has 5 rings (SSSR count). The lowest BCUT2D eigenvalue weighted by Gasteiger charge is -2.07. The lowest BCUT2D eigenvalue weighted by atomic mass is 10.0. The van der Waals surface area contributed by atoms with Crippen molar-refractivity contribution in [2.75, 3.05) is 33.3 Å². The number of nitrogens with zero attached hydrogens (tertiary/aromatic N) is 2. The van der Waals surface area contributed by atoms with Gasteiger partial charge < -0.3 is 19.8 Å². The van der Waals surface area contributed by atoms with Crippen molar-refractivity contribution in [2.45, 2.75) is 0 Å². The zero-order valence-electron chi connectivity index (χ0n) is 16.2. The predicted molar refractivity (Wildman–Crippen MR) is 115 cm³/mol. The van der Waals surface area contributed by atoms with Crippen LogP contribution in [0, 0.1) is 0 Å². The molecular weight excluding hydrogens is 364 g/mol.